The van der Waals surface area contributed by atoms with Crippen molar-refractivity contribution >= 4 is 46.3 Å². The molecule has 1 aromatic heterocycles. The van der Waals surface area contributed by atoms with Gasteiger partial charge in [-0.25, -0.2) is 4.57 Å². The summed E-state index contributed by atoms with van der Waals surface area (Å²) < 4.78 is 7.17. The van der Waals surface area contributed by atoms with Crippen LogP contribution in [0.4, 0.5) is 0 Å². The van der Waals surface area contributed by atoms with Crippen molar-refractivity contribution in [3.8, 4) is 0 Å². The van der Waals surface area contributed by atoms with Gasteiger partial charge >= 0.3 is 0 Å². The predicted octanol–water partition coefficient (Wildman–Crippen LogP) is 3.66. The van der Waals surface area contributed by atoms with Crippen molar-refractivity contribution in [3.05, 3.63) is 62.7 Å². The highest BCUT2D eigenvalue weighted by Crippen LogP contribution is 2.34. The van der Waals surface area contributed by atoms with E-state index in [0.29, 0.717) is 15.9 Å². The van der Waals surface area contributed by atoms with E-state index in [1.807, 2.05) is 6.07 Å². The number of para-hydroxylation sites is 1. The van der Waals surface area contributed by atoms with Crippen LogP contribution < -0.4 is 5.56 Å². The third-order valence-corrected chi connectivity index (χ3v) is 4.64. The van der Waals surface area contributed by atoms with Gasteiger partial charge in [0.2, 0.25) is 0 Å². The van der Waals surface area contributed by atoms with E-state index >= 15 is 0 Å². The Morgan fingerprint density at radius 1 is 1.41 bits per heavy atom. The number of hydrogen-bond acceptors (Lipinski definition) is 3. The number of nitrogens with zero attached hydrogens (tertiary/aromatic N) is 1. The topological polar surface area (TPSA) is 47.0 Å². The Hall–Kier alpha value is -1.40. The molecule has 3 rings (SSSR count). The van der Waals surface area contributed by atoms with Gasteiger partial charge in [0.05, 0.1) is 10.9 Å². The van der Waals surface area contributed by atoms with Crippen LogP contribution in [0, 0.1) is 4.77 Å². The molecule has 1 aliphatic rings. The van der Waals surface area contributed by atoms with Gasteiger partial charge in [0, 0.05) is 12.1 Å². The minimum Gasteiger partial charge on any atom is -0.353 e. The lowest BCUT2D eigenvalue weighted by Gasteiger charge is -2.36. The number of hydrogen-bond donors (Lipinski definition) is 1. The van der Waals surface area contributed by atoms with Crippen LogP contribution in [-0.4, -0.2) is 22.0 Å². The average Bonchev–Trinajstić information content (AvgIpc) is 2.49. The van der Waals surface area contributed by atoms with Crippen molar-refractivity contribution in [3.63, 3.8) is 0 Å². The second-order valence-electron chi connectivity index (χ2n) is 4.86. The molecule has 1 aromatic carbocycles. The molecule has 4 nitrogen and oxygen atoms in total. The Kier molecular flexibility index (Phi) is 3.99. The molecule has 0 radical (unpaired) electrons. The van der Waals surface area contributed by atoms with E-state index < -0.39 is 11.1 Å². The zero-order valence-corrected chi connectivity index (χ0v) is 13.9. The second-order valence-corrected chi connectivity index (χ2v) is 6.15. The first kappa shape index (κ1) is 15.5. The maximum atomic E-state index is 12.9. The molecule has 2 atom stereocenters. The van der Waals surface area contributed by atoms with Crippen LogP contribution >= 0.6 is 35.4 Å². The van der Waals surface area contributed by atoms with Crippen molar-refractivity contribution in [2.75, 3.05) is 7.11 Å². The fourth-order valence-electron chi connectivity index (χ4n) is 2.56. The summed E-state index contributed by atoms with van der Waals surface area (Å²) in [5, 5.41) is 0.311. The number of alkyl halides is 1. The van der Waals surface area contributed by atoms with Crippen LogP contribution in [0.5, 0.6) is 0 Å². The van der Waals surface area contributed by atoms with E-state index in [-0.39, 0.29) is 10.3 Å². The molecular weight excluding hydrogens is 343 g/mol. The fraction of sp³-hybridized carbons (Fsp3) is 0.200. The Morgan fingerprint density at radius 2 is 2.14 bits per heavy atom. The number of rotatable bonds is 2. The average molecular weight is 355 g/mol. The van der Waals surface area contributed by atoms with E-state index in [9.17, 15) is 4.79 Å². The molecule has 0 saturated heterocycles. The smallest absolute Gasteiger partial charge is 0.264 e. The highest BCUT2D eigenvalue weighted by Gasteiger charge is 2.40. The number of nitrogens with one attached hydrogen (secondary N) is 1. The van der Waals surface area contributed by atoms with Crippen LogP contribution in [0.3, 0.4) is 0 Å². The lowest BCUT2D eigenvalue weighted by molar-refractivity contribution is -0.0340. The Balaban J connectivity index is 2.37. The van der Waals surface area contributed by atoms with Gasteiger partial charge in [0.15, 0.2) is 10.5 Å². The van der Waals surface area contributed by atoms with Gasteiger partial charge in [0.1, 0.15) is 5.38 Å². The normalized spacial score (nSPS) is 24.5. The molecular formula is C15H12Cl2N2O2S. The number of benzene rings is 1. The van der Waals surface area contributed by atoms with Gasteiger partial charge in [0.25, 0.3) is 5.56 Å². The van der Waals surface area contributed by atoms with Crippen LogP contribution in [-0.2, 0) is 10.5 Å². The zero-order chi connectivity index (χ0) is 15.9. The quantitative estimate of drug-likeness (QED) is 0.661. The Labute approximate surface area is 141 Å². The molecule has 22 heavy (non-hydrogen) atoms. The first-order chi connectivity index (χ1) is 10.5. The van der Waals surface area contributed by atoms with Crippen molar-refractivity contribution < 1.29 is 4.74 Å². The summed E-state index contributed by atoms with van der Waals surface area (Å²) in [5.74, 6) is 0. The largest absolute Gasteiger partial charge is 0.353 e. The summed E-state index contributed by atoms with van der Waals surface area (Å²) in [5.41, 5.74) is -0.836. The molecule has 0 bridgehead atoms. The molecule has 1 aliphatic carbocycles. The molecule has 0 amide bonds. The lowest BCUT2D eigenvalue weighted by Crippen LogP contribution is -2.49. The Bertz CT molecular complexity index is 916. The van der Waals surface area contributed by atoms with Crippen LogP contribution in [0.15, 0.2) is 52.3 Å². The molecule has 0 saturated carbocycles. The molecule has 7 heteroatoms. The highest BCUT2D eigenvalue weighted by atomic mass is 35.5. The van der Waals surface area contributed by atoms with Gasteiger partial charge in [-0.2, -0.15) is 0 Å². The molecule has 0 fully saturated rings. The molecule has 0 spiro atoms. The summed E-state index contributed by atoms with van der Waals surface area (Å²) in [6, 6.07) is 7.14. The first-order valence-corrected chi connectivity index (χ1v) is 7.72. The first-order valence-electron chi connectivity index (χ1n) is 6.50. The number of allylic oxidation sites excluding steroid dienone is 2. The Morgan fingerprint density at radius 3 is 2.82 bits per heavy atom. The van der Waals surface area contributed by atoms with Crippen LogP contribution in [0.1, 0.15) is 0 Å². The standard InChI is InChI=1S/C15H12Cl2N2O2S/c1-21-15(7-6-9(16)8-12(15)17)19-13(20)10-4-2-3-5-11(10)18-14(19)22/h2-8,12H,1H3,(H,18,22). The molecule has 1 heterocycles. The molecule has 2 aromatic rings. The number of halogens is 2. The van der Waals surface area contributed by atoms with E-state index in [1.165, 1.54) is 11.7 Å². The lowest BCUT2D eigenvalue weighted by atomic mass is 10.0. The number of aromatic nitrogens is 2. The number of aromatic amines is 1. The van der Waals surface area contributed by atoms with Gasteiger partial charge < -0.3 is 9.72 Å². The van der Waals surface area contributed by atoms with E-state index in [4.69, 9.17) is 40.2 Å². The van der Waals surface area contributed by atoms with Crippen molar-refractivity contribution in [1.82, 2.24) is 9.55 Å². The molecule has 0 aliphatic heterocycles. The van der Waals surface area contributed by atoms with E-state index in [0.717, 1.165) is 0 Å². The van der Waals surface area contributed by atoms with Gasteiger partial charge in [-0.05, 0) is 42.6 Å². The summed E-state index contributed by atoms with van der Waals surface area (Å²) in [4.78, 5) is 15.9. The molecule has 1 N–H and O–H groups in total. The number of ether oxygens (including phenoxy) is 1. The number of H-pyrrole nitrogens is 1. The van der Waals surface area contributed by atoms with Crippen LogP contribution in [0.2, 0.25) is 0 Å². The minimum absolute atomic E-state index is 0.229. The SMILES string of the molecule is COC1(n2c(=S)[nH]c3ccccc3c2=O)C=CC(Cl)=CC1Cl. The maximum Gasteiger partial charge on any atom is 0.264 e. The van der Waals surface area contributed by atoms with E-state index in [1.54, 1.807) is 36.4 Å². The fourth-order valence-corrected chi connectivity index (χ4v) is 3.54. The predicted molar refractivity (Wildman–Crippen MR) is 91.1 cm³/mol. The van der Waals surface area contributed by atoms with E-state index in [2.05, 4.69) is 4.98 Å². The van der Waals surface area contributed by atoms with Crippen molar-refractivity contribution in [2.24, 2.45) is 0 Å². The van der Waals surface area contributed by atoms with Crippen molar-refractivity contribution in [1.29, 1.82) is 0 Å². The third-order valence-electron chi connectivity index (χ3n) is 3.66. The minimum atomic E-state index is -1.23. The van der Waals surface area contributed by atoms with Gasteiger partial charge in [-0.15, -0.1) is 11.6 Å². The number of fused-ring (bicyclic) bond motifs is 1. The molecule has 114 valence electrons. The van der Waals surface area contributed by atoms with Gasteiger partial charge in [-0.3, -0.25) is 4.79 Å². The second kappa shape index (κ2) is 5.66. The van der Waals surface area contributed by atoms with Crippen LogP contribution in [0.25, 0.3) is 10.9 Å². The van der Waals surface area contributed by atoms with Gasteiger partial charge in [-0.1, -0.05) is 23.7 Å². The summed E-state index contributed by atoms with van der Waals surface area (Å²) in [6.07, 6.45) is 4.90. The molecule has 2 unspecified atom stereocenters. The van der Waals surface area contributed by atoms with Crippen molar-refractivity contribution in [2.45, 2.75) is 11.1 Å². The summed E-state index contributed by atoms with van der Waals surface area (Å²) in [7, 11) is 1.48. The third kappa shape index (κ3) is 2.25. The summed E-state index contributed by atoms with van der Waals surface area (Å²) in [6.45, 7) is 0. The monoisotopic (exact) mass is 354 g/mol. The maximum absolute atomic E-state index is 12.9. The zero-order valence-electron chi connectivity index (χ0n) is 11.5. The summed E-state index contributed by atoms with van der Waals surface area (Å²) >= 11 is 17.7. The highest BCUT2D eigenvalue weighted by molar-refractivity contribution is 7.71. The number of methoxy groups -OCH3 is 1.